The standard InChI is InChI=1S/C21H30N6O3/c1-12(2)8-13(3)24-19(28)18-9-14(22)10-27(18)21(30)25-16-11-26(20(23)29)17-7-5-4-6-15(16)17/h4-7,11-14,18H,8-10,22H2,1-3H3,(H2,23,29)(H,24,28)(H,25,30)/t13-,14-,18-/m0/s1. The normalized spacial score (nSPS) is 19.8. The fourth-order valence-electron chi connectivity index (χ4n) is 4.10. The fraction of sp³-hybridized carbons (Fsp3) is 0.476. The number of aromatic nitrogens is 1. The molecule has 1 aromatic heterocycles. The minimum atomic E-state index is -0.647. The third-order valence-electron chi connectivity index (χ3n) is 5.30. The number of likely N-dealkylation sites (tertiary alicyclic amines) is 1. The van der Waals surface area contributed by atoms with Gasteiger partial charge < -0.3 is 27.0 Å². The third-order valence-corrected chi connectivity index (χ3v) is 5.30. The summed E-state index contributed by atoms with van der Waals surface area (Å²) in [7, 11) is 0. The van der Waals surface area contributed by atoms with E-state index in [2.05, 4.69) is 24.5 Å². The van der Waals surface area contributed by atoms with Gasteiger partial charge in [0.05, 0.1) is 11.2 Å². The van der Waals surface area contributed by atoms with Crippen LogP contribution in [0.2, 0.25) is 0 Å². The van der Waals surface area contributed by atoms with Gasteiger partial charge in [-0.1, -0.05) is 32.0 Å². The Morgan fingerprint density at radius 1 is 1.20 bits per heavy atom. The van der Waals surface area contributed by atoms with Crippen LogP contribution in [-0.4, -0.2) is 52.1 Å². The van der Waals surface area contributed by atoms with Gasteiger partial charge in [-0.2, -0.15) is 0 Å². The summed E-state index contributed by atoms with van der Waals surface area (Å²) in [5, 5.41) is 6.49. The van der Waals surface area contributed by atoms with E-state index >= 15 is 0 Å². The summed E-state index contributed by atoms with van der Waals surface area (Å²) in [6.07, 6.45) is 2.74. The highest BCUT2D eigenvalue weighted by Crippen LogP contribution is 2.27. The molecule has 30 heavy (non-hydrogen) atoms. The van der Waals surface area contributed by atoms with Gasteiger partial charge in [-0.15, -0.1) is 0 Å². The van der Waals surface area contributed by atoms with Crippen LogP contribution in [0.25, 0.3) is 10.9 Å². The molecule has 2 aromatic rings. The summed E-state index contributed by atoms with van der Waals surface area (Å²) in [6.45, 7) is 6.42. The molecule has 162 valence electrons. The Hall–Kier alpha value is -3.07. The zero-order valence-corrected chi connectivity index (χ0v) is 17.6. The Labute approximate surface area is 175 Å². The second-order valence-electron chi connectivity index (χ2n) is 8.40. The maximum Gasteiger partial charge on any atom is 0.323 e. The summed E-state index contributed by atoms with van der Waals surface area (Å²) in [5.74, 6) is 0.249. The first-order valence-electron chi connectivity index (χ1n) is 10.2. The van der Waals surface area contributed by atoms with Gasteiger partial charge >= 0.3 is 12.1 Å². The van der Waals surface area contributed by atoms with E-state index in [1.165, 1.54) is 15.7 Å². The molecule has 1 saturated heterocycles. The average molecular weight is 415 g/mol. The maximum absolute atomic E-state index is 13.0. The van der Waals surface area contributed by atoms with Crippen LogP contribution >= 0.6 is 0 Å². The number of nitrogens with zero attached hydrogens (tertiary/aromatic N) is 2. The quantitative estimate of drug-likeness (QED) is 0.595. The summed E-state index contributed by atoms with van der Waals surface area (Å²) in [6, 6.07) is 5.13. The molecule has 3 rings (SSSR count). The lowest BCUT2D eigenvalue weighted by Gasteiger charge is -2.26. The highest BCUT2D eigenvalue weighted by atomic mass is 16.2. The number of nitrogens with one attached hydrogen (secondary N) is 2. The molecule has 0 bridgehead atoms. The number of hydrogen-bond acceptors (Lipinski definition) is 4. The van der Waals surface area contributed by atoms with Gasteiger partial charge in [0.15, 0.2) is 0 Å². The summed E-state index contributed by atoms with van der Waals surface area (Å²) >= 11 is 0. The van der Waals surface area contributed by atoms with E-state index in [0.29, 0.717) is 28.9 Å². The second kappa shape index (κ2) is 8.74. The molecule has 1 aliphatic rings. The number of hydrogen-bond donors (Lipinski definition) is 4. The van der Waals surface area contributed by atoms with Crippen molar-refractivity contribution in [1.29, 1.82) is 0 Å². The molecule has 9 nitrogen and oxygen atoms in total. The first-order chi connectivity index (χ1) is 14.2. The lowest BCUT2D eigenvalue weighted by molar-refractivity contribution is -0.125. The van der Waals surface area contributed by atoms with Crippen LogP contribution in [0.3, 0.4) is 0 Å². The number of carbonyl (C=O) groups is 3. The van der Waals surface area contributed by atoms with Crippen molar-refractivity contribution in [3.63, 3.8) is 0 Å². The molecule has 9 heteroatoms. The molecule has 0 spiro atoms. The van der Waals surface area contributed by atoms with E-state index in [-0.39, 0.29) is 24.5 Å². The van der Waals surface area contributed by atoms with E-state index in [0.717, 1.165) is 6.42 Å². The third kappa shape index (κ3) is 4.56. The molecule has 1 fully saturated rings. The predicted molar refractivity (Wildman–Crippen MR) is 116 cm³/mol. The molecular weight excluding hydrogens is 384 g/mol. The second-order valence-corrected chi connectivity index (χ2v) is 8.40. The Balaban J connectivity index is 1.78. The maximum atomic E-state index is 13.0. The van der Waals surface area contributed by atoms with Gasteiger partial charge in [0.1, 0.15) is 6.04 Å². The number of amides is 4. The van der Waals surface area contributed by atoms with Crippen molar-refractivity contribution in [1.82, 2.24) is 14.8 Å². The first kappa shape index (κ1) is 21.6. The largest absolute Gasteiger partial charge is 0.352 e. The van der Waals surface area contributed by atoms with Crippen molar-refractivity contribution < 1.29 is 14.4 Å². The number of primary amides is 1. The summed E-state index contributed by atoms with van der Waals surface area (Å²) in [4.78, 5) is 39.0. The molecule has 1 aromatic carbocycles. The van der Waals surface area contributed by atoms with Crippen LogP contribution in [0.1, 0.15) is 33.6 Å². The van der Waals surface area contributed by atoms with Crippen LogP contribution in [0.5, 0.6) is 0 Å². The Morgan fingerprint density at radius 2 is 1.90 bits per heavy atom. The van der Waals surface area contributed by atoms with Crippen molar-refractivity contribution in [3.05, 3.63) is 30.5 Å². The van der Waals surface area contributed by atoms with E-state index < -0.39 is 18.1 Å². The highest BCUT2D eigenvalue weighted by Gasteiger charge is 2.38. The van der Waals surface area contributed by atoms with Crippen LogP contribution in [0.15, 0.2) is 30.5 Å². The molecule has 0 aliphatic carbocycles. The van der Waals surface area contributed by atoms with Crippen molar-refractivity contribution in [2.24, 2.45) is 17.4 Å². The zero-order chi connectivity index (χ0) is 22.0. The van der Waals surface area contributed by atoms with Gasteiger partial charge in [-0.3, -0.25) is 9.36 Å². The van der Waals surface area contributed by atoms with Crippen molar-refractivity contribution in [2.75, 3.05) is 11.9 Å². The molecule has 0 radical (unpaired) electrons. The molecule has 6 N–H and O–H groups in total. The first-order valence-corrected chi connectivity index (χ1v) is 10.2. The number of rotatable bonds is 5. The van der Waals surface area contributed by atoms with E-state index in [4.69, 9.17) is 11.5 Å². The number of urea groups is 1. The van der Waals surface area contributed by atoms with Crippen LogP contribution < -0.4 is 22.1 Å². The average Bonchev–Trinajstić information content (AvgIpc) is 3.22. The topological polar surface area (TPSA) is 135 Å². The van der Waals surface area contributed by atoms with E-state index in [9.17, 15) is 14.4 Å². The van der Waals surface area contributed by atoms with Gasteiger partial charge in [0.2, 0.25) is 5.91 Å². The van der Waals surface area contributed by atoms with Crippen LogP contribution in [0.4, 0.5) is 15.3 Å². The molecule has 0 saturated carbocycles. The zero-order valence-electron chi connectivity index (χ0n) is 17.6. The van der Waals surface area contributed by atoms with Gasteiger partial charge in [-0.25, -0.2) is 9.59 Å². The number of benzene rings is 1. The van der Waals surface area contributed by atoms with Crippen LogP contribution in [0, 0.1) is 5.92 Å². The number of nitrogens with two attached hydrogens (primary N) is 2. The Kier molecular flexibility index (Phi) is 6.31. The minimum absolute atomic E-state index is 0.00720. The van der Waals surface area contributed by atoms with Crippen molar-refractivity contribution in [3.8, 4) is 0 Å². The Morgan fingerprint density at radius 3 is 2.57 bits per heavy atom. The van der Waals surface area contributed by atoms with Gasteiger partial charge in [0.25, 0.3) is 0 Å². The molecule has 1 aliphatic heterocycles. The highest BCUT2D eigenvalue weighted by molar-refractivity contribution is 6.05. The molecule has 3 atom stereocenters. The van der Waals surface area contributed by atoms with Crippen LogP contribution in [-0.2, 0) is 4.79 Å². The lowest BCUT2D eigenvalue weighted by Crippen LogP contribution is -2.49. The lowest BCUT2D eigenvalue weighted by atomic mass is 10.0. The molecular formula is C21H30N6O3. The van der Waals surface area contributed by atoms with Crippen molar-refractivity contribution in [2.45, 2.75) is 51.7 Å². The predicted octanol–water partition coefficient (Wildman–Crippen LogP) is 2.05. The molecule has 2 heterocycles. The summed E-state index contributed by atoms with van der Waals surface area (Å²) in [5.41, 5.74) is 12.5. The fourth-order valence-corrected chi connectivity index (χ4v) is 4.10. The van der Waals surface area contributed by atoms with Gasteiger partial charge in [0, 0.05) is 30.2 Å². The summed E-state index contributed by atoms with van der Waals surface area (Å²) < 4.78 is 1.28. The van der Waals surface area contributed by atoms with E-state index in [1.54, 1.807) is 24.3 Å². The number of para-hydroxylation sites is 1. The minimum Gasteiger partial charge on any atom is -0.352 e. The smallest absolute Gasteiger partial charge is 0.323 e. The molecule has 0 unspecified atom stereocenters. The Bertz CT molecular complexity index is 953. The SMILES string of the molecule is CC(C)C[C@H](C)NC(=O)[C@@H]1C[C@H](N)CN1C(=O)Nc1cn(C(N)=O)c2ccccc12. The van der Waals surface area contributed by atoms with E-state index in [1.807, 2.05) is 6.92 Å². The monoisotopic (exact) mass is 414 g/mol. The van der Waals surface area contributed by atoms with Crippen molar-refractivity contribution >= 4 is 34.6 Å². The van der Waals surface area contributed by atoms with Gasteiger partial charge in [-0.05, 0) is 31.7 Å². The molecule has 4 amide bonds. The number of fused-ring (bicyclic) bond motifs is 1. The number of carbonyl (C=O) groups excluding carboxylic acids is 3. The number of anilines is 1.